The summed E-state index contributed by atoms with van der Waals surface area (Å²) in [6.45, 7) is 4.71. The molecule has 0 spiro atoms. The maximum Gasteiger partial charge on any atom is 0.373 e. The van der Waals surface area contributed by atoms with E-state index in [1.165, 1.54) is 7.11 Å². The molecule has 0 saturated heterocycles. The number of methoxy groups -OCH3 is 1. The van der Waals surface area contributed by atoms with E-state index in [9.17, 15) is 4.79 Å². The van der Waals surface area contributed by atoms with Crippen LogP contribution in [0.25, 0.3) is 0 Å². The van der Waals surface area contributed by atoms with E-state index >= 15 is 0 Å². The summed E-state index contributed by atoms with van der Waals surface area (Å²) in [5, 5.41) is 12.1. The second-order valence-corrected chi connectivity index (χ2v) is 4.11. The van der Waals surface area contributed by atoms with Crippen LogP contribution in [0.3, 0.4) is 0 Å². The topological polar surface area (TPSA) is 71.7 Å². The third-order valence-corrected chi connectivity index (χ3v) is 2.52. The molecule has 2 atom stereocenters. The van der Waals surface area contributed by atoms with Gasteiger partial charge in [0.15, 0.2) is 0 Å². The van der Waals surface area contributed by atoms with Crippen LogP contribution in [0.1, 0.15) is 36.2 Å². The molecular formula is C12H19NO4. The molecule has 5 heteroatoms. The molecule has 0 aliphatic rings. The van der Waals surface area contributed by atoms with Gasteiger partial charge in [0.1, 0.15) is 5.76 Å². The van der Waals surface area contributed by atoms with E-state index in [4.69, 9.17) is 9.52 Å². The molecule has 1 heterocycles. The van der Waals surface area contributed by atoms with Crippen molar-refractivity contribution in [2.75, 3.05) is 20.3 Å². The quantitative estimate of drug-likeness (QED) is 0.735. The number of esters is 1. The molecule has 96 valence electrons. The molecular weight excluding hydrogens is 222 g/mol. The molecule has 0 aromatic carbocycles. The minimum Gasteiger partial charge on any atom is -0.463 e. The smallest absolute Gasteiger partial charge is 0.373 e. The van der Waals surface area contributed by atoms with Crippen LogP contribution >= 0.6 is 0 Å². The maximum atomic E-state index is 11.2. The van der Waals surface area contributed by atoms with Crippen molar-refractivity contribution in [1.29, 1.82) is 0 Å². The summed E-state index contributed by atoms with van der Waals surface area (Å²) in [4.78, 5) is 11.2. The number of furan rings is 1. The molecule has 1 aromatic rings. The van der Waals surface area contributed by atoms with E-state index in [-0.39, 0.29) is 24.3 Å². The molecule has 0 aliphatic carbocycles. The van der Waals surface area contributed by atoms with Gasteiger partial charge in [-0.1, -0.05) is 6.92 Å². The van der Waals surface area contributed by atoms with Gasteiger partial charge < -0.3 is 19.6 Å². The third kappa shape index (κ3) is 3.87. The van der Waals surface area contributed by atoms with Crippen molar-refractivity contribution in [3.05, 3.63) is 23.7 Å². The van der Waals surface area contributed by atoms with Gasteiger partial charge in [0.25, 0.3) is 0 Å². The lowest BCUT2D eigenvalue weighted by Crippen LogP contribution is -2.25. The standard InChI is InChI=1S/C12H19NO4/c1-8(7-14)6-13-9(2)10-4-5-11(17-10)12(15)16-3/h4-5,8-9,13-14H,6-7H2,1-3H3. The van der Waals surface area contributed by atoms with Crippen LogP contribution in [-0.4, -0.2) is 31.3 Å². The average molecular weight is 241 g/mol. The van der Waals surface area contributed by atoms with Gasteiger partial charge in [-0.3, -0.25) is 0 Å². The van der Waals surface area contributed by atoms with Gasteiger partial charge in [0, 0.05) is 13.2 Å². The van der Waals surface area contributed by atoms with Crippen LogP contribution in [0.15, 0.2) is 16.5 Å². The zero-order chi connectivity index (χ0) is 12.8. The number of carbonyl (C=O) groups is 1. The zero-order valence-corrected chi connectivity index (χ0v) is 10.4. The van der Waals surface area contributed by atoms with Gasteiger partial charge >= 0.3 is 5.97 Å². The molecule has 2 N–H and O–H groups in total. The Kier molecular flexibility index (Phi) is 5.18. The summed E-state index contributed by atoms with van der Waals surface area (Å²) < 4.78 is 9.92. The normalized spacial score (nSPS) is 14.4. The van der Waals surface area contributed by atoms with E-state index < -0.39 is 5.97 Å². The SMILES string of the molecule is COC(=O)c1ccc(C(C)NCC(C)CO)o1. The molecule has 0 saturated carbocycles. The Hall–Kier alpha value is -1.33. The van der Waals surface area contributed by atoms with E-state index in [2.05, 4.69) is 10.1 Å². The van der Waals surface area contributed by atoms with Crippen molar-refractivity contribution in [3.8, 4) is 0 Å². The lowest BCUT2D eigenvalue weighted by Gasteiger charge is -2.14. The highest BCUT2D eigenvalue weighted by atomic mass is 16.5. The summed E-state index contributed by atoms with van der Waals surface area (Å²) in [5.41, 5.74) is 0. The number of hydrogen-bond donors (Lipinski definition) is 2. The van der Waals surface area contributed by atoms with Crippen LogP contribution in [0.2, 0.25) is 0 Å². The van der Waals surface area contributed by atoms with Gasteiger partial charge in [0.05, 0.1) is 13.2 Å². The van der Waals surface area contributed by atoms with Crippen LogP contribution < -0.4 is 5.32 Å². The van der Waals surface area contributed by atoms with E-state index in [1.54, 1.807) is 12.1 Å². The minimum absolute atomic E-state index is 0.0117. The maximum absolute atomic E-state index is 11.2. The van der Waals surface area contributed by atoms with Crippen LogP contribution in [0, 0.1) is 5.92 Å². The fourth-order valence-electron chi connectivity index (χ4n) is 1.34. The summed E-state index contributed by atoms with van der Waals surface area (Å²) in [7, 11) is 1.31. The number of aliphatic hydroxyl groups is 1. The molecule has 0 fully saturated rings. The van der Waals surface area contributed by atoms with E-state index in [1.807, 2.05) is 13.8 Å². The van der Waals surface area contributed by atoms with Gasteiger partial charge in [-0.15, -0.1) is 0 Å². The first-order chi connectivity index (χ1) is 8.08. The highest BCUT2D eigenvalue weighted by Crippen LogP contribution is 2.17. The van der Waals surface area contributed by atoms with Gasteiger partial charge in [-0.25, -0.2) is 4.79 Å². The van der Waals surface area contributed by atoms with Crippen LogP contribution in [0.4, 0.5) is 0 Å². The van der Waals surface area contributed by atoms with Gasteiger partial charge in [0.2, 0.25) is 5.76 Å². The first-order valence-electron chi connectivity index (χ1n) is 5.60. The Bertz CT molecular complexity index is 361. The summed E-state index contributed by atoms with van der Waals surface area (Å²) in [6.07, 6.45) is 0. The molecule has 17 heavy (non-hydrogen) atoms. The zero-order valence-electron chi connectivity index (χ0n) is 10.4. The molecule has 0 bridgehead atoms. The van der Waals surface area contributed by atoms with Gasteiger partial charge in [-0.2, -0.15) is 0 Å². The van der Waals surface area contributed by atoms with Crippen LogP contribution in [0.5, 0.6) is 0 Å². The second kappa shape index (κ2) is 6.42. The molecule has 5 nitrogen and oxygen atoms in total. The minimum atomic E-state index is -0.479. The Balaban J connectivity index is 2.54. The summed E-state index contributed by atoms with van der Waals surface area (Å²) in [5.74, 6) is 0.585. The number of nitrogens with one attached hydrogen (secondary N) is 1. The second-order valence-electron chi connectivity index (χ2n) is 4.11. The molecule has 2 unspecified atom stereocenters. The molecule has 1 aromatic heterocycles. The Morgan fingerprint density at radius 1 is 1.53 bits per heavy atom. The van der Waals surface area contributed by atoms with Crippen molar-refractivity contribution in [1.82, 2.24) is 5.32 Å². The average Bonchev–Trinajstić information content (AvgIpc) is 2.83. The number of hydrogen-bond acceptors (Lipinski definition) is 5. The van der Waals surface area contributed by atoms with Crippen molar-refractivity contribution >= 4 is 5.97 Å². The predicted molar refractivity (Wildman–Crippen MR) is 62.7 cm³/mol. The molecule has 0 aliphatic heterocycles. The monoisotopic (exact) mass is 241 g/mol. The highest BCUT2D eigenvalue weighted by molar-refractivity contribution is 5.86. The van der Waals surface area contributed by atoms with Crippen molar-refractivity contribution < 1.29 is 19.1 Å². The molecule has 0 amide bonds. The van der Waals surface area contributed by atoms with Gasteiger partial charge in [-0.05, 0) is 25.0 Å². The number of ether oxygens (including phenoxy) is 1. The number of carbonyl (C=O) groups excluding carboxylic acids is 1. The summed E-state index contributed by atoms with van der Waals surface area (Å²) in [6, 6.07) is 3.32. The first-order valence-corrected chi connectivity index (χ1v) is 5.60. The first kappa shape index (κ1) is 13.7. The van der Waals surface area contributed by atoms with E-state index in [0.717, 1.165) is 0 Å². The Morgan fingerprint density at radius 3 is 2.82 bits per heavy atom. The highest BCUT2D eigenvalue weighted by Gasteiger charge is 2.15. The Labute approximate surface area is 101 Å². The van der Waals surface area contributed by atoms with Crippen LogP contribution in [-0.2, 0) is 4.74 Å². The van der Waals surface area contributed by atoms with E-state index in [0.29, 0.717) is 12.3 Å². The fourth-order valence-corrected chi connectivity index (χ4v) is 1.34. The molecule has 0 radical (unpaired) electrons. The number of rotatable bonds is 6. The fraction of sp³-hybridized carbons (Fsp3) is 0.583. The lowest BCUT2D eigenvalue weighted by atomic mass is 10.2. The lowest BCUT2D eigenvalue weighted by molar-refractivity contribution is 0.0562. The predicted octanol–water partition coefficient (Wildman–Crippen LogP) is 1.35. The third-order valence-electron chi connectivity index (χ3n) is 2.52. The van der Waals surface area contributed by atoms with Crippen molar-refractivity contribution in [2.24, 2.45) is 5.92 Å². The van der Waals surface area contributed by atoms with Crippen molar-refractivity contribution in [2.45, 2.75) is 19.9 Å². The molecule has 1 rings (SSSR count). The Morgan fingerprint density at radius 2 is 2.24 bits per heavy atom. The van der Waals surface area contributed by atoms with Crippen molar-refractivity contribution in [3.63, 3.8) is 0 Å². The number of aliphatic hydroxyl groups excluding tert-OH is 1. The summed E-state index contributed by atoms with van der Waals surface area (Å²) >= 11 is 0. The largest absolute Gasteiger partial charge is 0.463 e.